The smallest absolute Gasteiger partial charge is 0.220 e. The van der Waals surface area contributed by atoms with E-state index in [0.717, 1.165) is 64.2 Å². The van der Waals surface area contributed by atoms with Crippen LogP contribution >= 0.6 is 0 Å². The van der Waals surface area contributed by atoms with E-state index in [1.54, 1.807) is 0 Å². The second-order valence-electron chi connectivity index (χ2n) is 17.6. The molecule has 61 heavy (non-hydrogen) atoms. The molecule has 0 spiro atoms. The van der Waals surface area contributed by atoms with Crippen molar-refractivity contribution in [2.24, 2.45) is 0 Å². The van der Waals surface area contributed by atoms with Crippen molar-refractivity contribution < 1.29 is 39.8 Å². The zero-order valence-electron chi connectivity index (χ0n) is 39.2. The number of rotatable bonds is 42. The first-order chi connectivity index (χ1) is 29.8. The number of ether oxygens (including phenoxy) is 2. The highest BCUT2D eigenvalue weighted by Crippen LogP contribution is 2.23. The summed E-state index contributed by atoms with van der Waals surface area (Å²) >= 11 is 0. The van der Waals surface area contributed by atoms with Crippen LogP contribution in [0.2, 0.25) is 0 Å². The normalized spacial score (nSPS) is 20.8. The van der Waals surface area contributed by atoms with E-state index in [1.807, 2.05) is 0 Å². The van der Waals surface area contributed by atoms with Gasteiger partial charge in [0.25, 0.3) is 0 Å². The Morgan fingerprint density at radius 1 is 0.574 bits per heavy atom. The van der Waals surface area contributed by atoms with Crippen LogP contribution in [-0.2, 0) is 14.3 Å². The number of hydrogen-bond donors (Lipinski definition) is 6. The third-order valence-electron chi connectivity index (χ3n) is 11.9. The highest BCUT2D eigenvalue weighted by Gasteiger charge is 2.44. The molecule has 7 unspecified atom stereocenters. The van der Waals surface area contributed by atoms with Crippen molar-refractivity contribution in [3.63, 3.8) is 0 Å². The van der Waals surface area contributed by atoms with Gasteiger partial charge in [0, 0.05) is 6.42 Å². The van der Waals surface area contributed by atoms with Crippen molar-refractivity contribution >= 4 is 5.91 Å². The fourth-order valence-electron chi connectivity index (χ4n) is 7.92. The van der Waals surface area contributed by atoms with Crippen LogP contribution in [0.4, 0.5) is 0 Å². The monoisotopic (exact) mass is 862 g/mol. The minimum atomic E-state index is -1.55. The molecule has 1 saturated heterocycles. The third kappa shape index (κ3) is 32.5. The molecule has 0 radical (unpaired) electrons. The van der Waals surface area contributed by atoms with Crippen LogP contribution in [0.1, 0.15) is 219 Å². The van der Waals surface area contributed by atoms with Crippen LogP contribution in [0.5, 0.6) is 0 Å². The molecule has 7 atom stereocenters. The fourth-order valence-corrected chi connectivity index (χ4v) is 7.92. The van der Waals surface area contributed by atoms with E-state index in [4.69, 9.17) is 9.47 Å². The molecule has 1 amide bonds. The molecule has 6 N–H and O–H groups in total. The topological polar surface area (TPSA) is 149 Å². The van der Waals surface area contributed by atoms with Crippen LogP contribution in [0.25, 0.3) is 0 Å². The number of nitrogens with one attached hydrogen (secondary N) is 1. The third-order valence-corrected chi connectivity index (χ3v) is 11.9. The van der Waals surface area contributed by atoms with Crippen LogP contribution in [0.3, 0.4) is 0 Å². The predicted octanol–water partition coefficient (Wildman–Crippen LogP) is 11.4. The second-order valence-corrected chi connectivity index (χ2v) is 17.6. The molecule has 0 bridgehead atoms. The van der Waals surface area contributed by atoms with E-state index in [1.165, 1.54) is 128 Å². The highest BCUT2D eigenvalue weighted by atomic mass is 16.7. The first-order valence-corrected chi connectivity index (χ1v) is 25.3. The first kappa shape index (κ1) is 57.2. The number of carbonyl (C=O) groups excluding carboxylic acids is 1. The molecule has 1 aliphatic rings. The molecule has 0 aromatic heterocycles. The van der Waals surface area contributed by atoms with E-state index in [0.29, 0.717) is 12.8 Å². The van der Waals surface area contributed by atoms with Gasteiger partial charge in [0.2, 0.25) is 5.91 Å². The average molecular weight is 862 g/mol. The summed E-state index contributed by atoms with van der Waals surface area (Å²) in [6, 6.07) is -0.718. The van der Waals surface area contributed by atoms with Gasteiger partial charge in [0.05, 0.1) is 25.4 Å². The van der Waals surface area contributed by atoms with Gasteiger partial charge in [-0.05, 0) is 51.4 Å². The van der Waals surface area contributed by atoms with Gasteiger partial charge in [0.15, 0.2) is 6.29 Å². The molecule has 1 fully saturated rings. The maximum absolute atomic E-state index is 13.0. The Bertz CT molecular complexity index is 1090. The van der Waals surface area contributed by atoms with E-state index < -0.39 is 49.5 Å². The lowest BCUT2D eigenvalue weighted by Gasteiger charge is -2.40. The lowest BCUT2D eigenvalue weighted by Crippen LogP contribution is -2.60. The zero-order chi connectivity index (χ0) is 44.4. The second kappa shape index (κ2) is 42.1. The quantitative estimate of drug-likeness (QED) is 0.0262. The SMILES string of the molecule is CC/C=C\C/C=C\C/C=C\C/C=C\CCCCCCCCCCCCCCCCC(=O)NC(COC1OC(CO)C(O)C(O)C1O)C(O)CCCCCCCCCCCCC. The molecule has 0 aliphatic carbocycles. The summed E-state index contributed by atoms with van der Waals surface area (Å²) in [5, 5.41) is 54.4. The van der Waals surface area contributed by atoms with E-state index in [2.05, 4.69) is 67.8 Å². The zero-order valence-corrected chi connectivity index (χ0v) is 39.2. The molecule has 9 nitrogen and oxygen atoms in total. The number of allylic oxidation sites excluding steroid dienone is 8. The van der Waals surface area contributed by atoms with Gasteiger partial charge >= 0.3 is 0 Å². The van der Waals surface area contributed by atoms with E-state index in [9.17, 15) is 30.3 Å². The Kier molecular flexibility index (Phi) is 39.5. The van der Waals surface area contributed by atoms with Crippen molar-refractivity contribution in [3.8, 4) is 0 Å². The Morgan fingerprint density at radius 2 is 1.02 bits per heavy atom. The molecule has 356 valence electrons. The van der Waals surface area contributed by atoms with Gasteiger partial charge in [-0.3, -0.25) is 4.79 Å². The summed E-state index contributed by atoms with van der Waals surface area (Å²) < 4.78 is 11.3. The minimum Gasteiger partial charge on any atom is -0.394 e. The Hall–Kier alpha value is -1.85. The van der Waals surface area contributed by atoms with Gasteiger partial charge < -0.3 is 40.3 Å². The van der Waals surface area contributed by atoms with Crippen LogP contribution in [-0.4, -0.2) is 87.5 Å². The average Bonchev–Trinajstić information content (AvgIpc) is 3.26. The summed E-state index contributed by atoms with van der Waals surface area (Å²) in [6.45, 7) is 3.71. The largest absolute Gasteiger partial charge is 0.394 e. The Balaban J connectivity index is 2.18. The van der Waals surface area contributed by atoms with Gasteiger partial charge in [-0.2, -0.15) is 0 Å². The van der Waals surface area contributed by atoms with Gasteiger partial charge in [0.1, 0.15) is 24.4 Å². The van der Waals surface area contributed by atoms with Crippen molar-refractivity contribution in [1.29, 1.82) is 0 Å². The summed E-state index contributed by atoms with van der Waals surface area (Å²) in [7, 11) is 0. The minimum absolute atomic E-state index is 0.138. The summed E-state index contributed by atoms with van der Waals surface area (Å²) in [6.07, 6.45) is 47.0. The number of carbonyl (C=O) groups is 1. The fraction of sp³-hybridized carbons (Fsp3) is 0.827. The van der Waals surface area contributed by atoms with E-state index in [-0.39, 0.29) is 12.5 Å². The molecular weight excluding hydrogens is 767 g/mol. The number of amides is 1. The van der Waals surface area contributed by atoms with Gasteiger partial charge in [-0.1, -0.05) is 210 Å². The molecule has 1 heterocycles. The van der Waals surface area contributed by atoms with Crippen LogP contribution in [0, 0.1) is 0 Å². The number of aliphatic hydroxyl groups is 5. The molecule has 1 rings (SSSR count). The summed E-state index contributed by atoms with van der Waals surface area (Å²) in [5.41, 5.74) is 0. The van der Waals surface area contributed by atoms with Crippen LogP contribution < -0.4 is 5.32 Å². The first-order valence-electron chi connectivity index (χ1n) is 25.3. The number of hydrogen-bond acceptors (Lipinski definition) is 8. The van der Waals surface area contributed by atoms with Crippen LogP contribution in [0.15, 0.2) is 48.6 Å². The van der Waals surface area contributed by atoms with Crippen molar-refractivity contribution in [2.45, 2.75) is 262 Å². The van der Waals surface area contributed by atoms with Crippen molar-refractivity contribution in [1.82, 2.24) is 5.32 Å². The van der Waals surface area contributed by atoms with E-state index >= 15 is 0 Å². The van der Waals surface area contributed by atoms with Gasteiger partial charge in [-0.15, -0.1) is 0 Å². The maximum atomic E-state index is 13.0. The Labute approximate surface area is 373 Å². The molecule has 0 aromatic rings. The lowest BCUT2D eigenvalue weighted by molar-refractivity contribution is -0.302. The number of unbranched alkanes of at least 4 members (excludes halogenated alkanes) is 24. The van der Waals surface area contributed by atoms with Gasteiger partial charge in [-0.25, -0.2) is 0 Å². The lowest BCUT2D eigenvalue weighted by atomic mass is 9.99. The molecule has 9 heteroatoms. The maximum Gasteiger partial charge on any atom is 0.220 e. The summed E-state index contributed by atoms with van der Waals surface area (Å²) in [4.78, 5) is 13.0. The number of aliphatic hydroxyl groups excluding tert-OH is 5. The molecular formula is C52H95NO8. The van der Waals surface area contributed by atoms with Crippen molar-refractivity contribution in [2.75, 3.05) is 13.2 Å². The molecule has 0 aromatic carbocycles. The Morgan fingerprint density at radius 3 is 1.51 bits per heavy atom. The van der Waals surface area contributed by atoms with Crippen molar-refractivity contribution in [3.05, 3.63) is 48.6 Å². The highest BCUT2D eigenvalue weighted by molar-refractivity contribution is 5.76. The standard InChI is InChI=1S/C52H95NO8/c1-3-5-7-9-11-13-15-16-17-18-19-20-21-22-23-24-25-26-27-28-29-30-32-34-36-38-40-42-48(56)53-45(44-60-52-51(59)50(58)49(57)47(43-54)61-52)46(55)41-39-37-35-33-31-14-12-10-8-6-4-2/h5,7,11,13,16-17,19-20,45-47,49-52,54-55,57-59H,3-4,6,8-10,12,14-15,18,21-44H2,1-2H3,(H,53,56)/b7-5-,13-11-,17-16-,20-19-. The molecule has 1 aliphatic heterocycles. The molecule has 0 saturated carbocycles. The summed E-state index contributed by atoms with van der Waals surface area (Å²) in [5.74, 6) is -0.147. The predicted molar refractivity (Wildman–Crippen MR) is 253 cm³/mol.